The summed E-state index contributed by atoms with van der Waals surface area (Å²) in [6.07, 6.45) is 7.03. The number of ketones is 1. The Hall–Kier alpha value is -3.08. The van der Waals surface area contributed by atoms with E-state index in [1.165, 1.54) is 24.3 Å². The van der Waals surface area contributed by atoms with Crippen LogP contribution in [0.2, 0.25) is 0 Å². The zero-order valence-corrected chi connectivity index (χ0v) is 12.7. The standard InChI is InChI=1S/C19H14FN3O/c20-15-5-3-14(4-6-15)19(24)18-17(13-7-9-21-10-8-13)22-12-16-2-1-11-23(16)18/h1-12,17-18H/t17-,18+/m1/s1. The molecule has 118 valence electrons. The van der Waals surface area contributed by atoms with Gasteiger partial charge in [0.25, 0.3) is 0 Å². The van der Waals surface area contributed by atoms with Gasteiger partial charge in [0.2, 0.25) is 0 Å². The van der Waals surface area contributed by atoms with Gasteiger partial charge in [-0.1, -0.05) is 0 Å². The van der Waals surface area contributed by atoms with Gasteiger partial charge in [0.15, 0.2) is 5.78 Å². The Labute approximate surface area is 138 Å². The first-order valence-electron chi connectivity index (χ1n) is 7.64. The number of fused-ring (bicyclic) bond motifs is 1. The SMILES string of the molecule is O=C(c1ccc(F)cc1)[C@@H]1[C@@H](c2ccncc2)N=Cc2cccn21. The minimum Gasteiger partial charge on any atom is -0.333 e. The maximum Gasteiger partial charge on any atom is 0.188 e. The van der Waals surface area contributed by atoms with Crippen LogP contribution in [0.4, 0.5) is 4.39 Å². The molecule has 3 heterocycles. The number of nitrogens with zero attached hydrogens (tertiary/aromatic N) is 3. The number of benzene rings is 1. The summed E-state index contributed by atoms with van der Waals surface area (Å²) >= 11 is 0. The number of Topliss-reactive ketones (excluding diaryl/α,β-unsaturated/α-hetero) is 1. The largest absolute Gasteiger partial charge is 0.333 e. The van der Waals surface area contributed by atoms with Crippen LogP contribution in [0.5, 0.6) is 0 Å². The van der Waals surface area contributed by atoms with Crippen LogP contribution in [0, 0.1) is 5.82 Å². The second-order valence-corrected chi connectivity index (χ2v) is 5.66. The van der Waals surface area contributed by atoms with E-state index in [1.54, 1.807) is 18.6 Å². The number of rotatable bonds is 3. The molecule has 2 atom stereocenters. The average Bonchev–Trinajstić information content (AvgIpc) is 3.10. The Kier molecular flexibility index (Phi) is 3.54. The Morgan fingerprint density at radius 3 is 2.54 bits per heavy atom. The molecule has 0 amide bonds. The number of carbonyl (C=O) groups excluding carboxylic acids is 1. The van der Waals surface area contributed by atoms with Gasteiger partial charge in [-0.05, 0) is 54.1 Å². The van der Waals surface area contributed by atoms with Crippen molar-refractivity contribution in [2.45, 2.75) is 12.1 Å². The minimum absolute atomic E-state index is 0.0916. The third-order valence-electron chi connectivity index (χ3n) is 4.22. The van der Waals surface area contributed by atoms with Crippen LogP contribution >= 0.6 is 0 Å². The molecule has 24 heavy (non-hydrogen) atoms. The van der Waals surface area contributed by atoms with Crippen molar-refractivity contribution >= 4 is 12.0 Å². The molecule has 3 aromatic rings. The molecule has 0 spiro atoms. The summed E-state index contributed by atoms with van der Waals surface area (Å²) in [4.78, 5) is 21.7. The van der Waals surface area contributed by atoms with Crippen molar-refractivity contribution in [1.29, 1.82) is 0 Å². The van der Waals surface area contributed by atoms with Crippen LogP contribution in [0.15, 0.2) is 72.1 Å². The quantitative estimate of drug-likeness (QED) is 0.692. The van der Waals surface area contributed by atoms with Crippen molar-refractivity contribution in [3.05, 3.63) is 89.8 Å². The lowest BCUT2D eigenvalue weighted by molar-refractivity contribution is 0.0905. The van der Waals surface area contributed by atoms with E-state index in [1.807, 2.05) is 35.0 Å². The molecule has 0 N–H and O–H groups in total. The van der Waals surface area contributed by atoms with Crippen molar-refractivity contribution in [2.75, 3.05) is 0 Å². The molecule has 0 fully saturated rings. The monoisotopic (exact) mass is 319 g/mol. The predicted octanol–water partition coefficient (Wildman–Crippen LogP) is 3.62. The second kappa shape index (κ2) is 5.85. The predicted molar refractivity (Wildman–Crippen MR) is 88.8 cm³/mol. The average molecular weight is 319 g/mol. The van der Waals surface area contributed by atoms with Crippen LogP contribution in [0.25, 0.3) is 0 Å². The smallest absolute Gasteiger partial charge is 0.188 e. The van der Waals surface area contributed by atoms with Gasteiger partial charge in [0, 0.05) is 30.4 Å². The Morgan fingerprint density at radius 2 is 1.79 bits per heavy atom. The molecule has 1 aliphatic heterocycles. The lowest BCUT2D eigenvalue weighted by atomic mass is 9.92. The number of aromatic nitrogens is 2. The van der Waals surface area contributed by atoms with Gasteiger partial charge in [0.1, 0.15) is 17.9 Å². The normalized spacial score (nSPS) is 19.0. The van der Waals surface area contributed by atoms with Gasteiger partial charge in [-0.15, -0.1) is 0 Å². The highest BCUT2D eigenvalue weighted by molar-refractivity contribution is 6.00. The first-order chi connectivity index (χ1) is 11.7. The molecule has 0 aliphatic carbocycles. The Balaban J connectivity index is 1.80. The molecule has 2 aromatic heterocycles. The first kappa shape index (κ1) is 14.5. The van der Waals surface area contributed by atoms with Gasteiger partial charge >= 0.3 is 0 Å². The summed E-state index contributed by atoms with van der Waals surface area (Å²) in [6, 6.07) is 12.3. The number of hydrogen-bond acceptors (Lipinski definition) is 3. The van der Waals surface area contributed by atoms with Crippen LogP contribution in [0.1, 0.15) is 33.7 Å². The van der Waals surface area contributed by atoms with Crippen molar-refractivity contribution in [2.24, 2.45) is 4.99 Å². The van der Waals surface area contributed by atoms with E-state index in [0.717, 1.165) is 11.3 Å². The molecule has 4 nitrogen and oxygen atoms in total. The van der Waals surface area contributed by atoms with E-state index >= 15 is 0 Å². The molecule has 0 radical (unpaired) electrons. The fourth-order valence-corrected chi connectivity index (χ4v) is 3.04. The molecule has 1 aliphatic rings. The van der Waals surface area contributed by atoms with Crippen LogP contribution in [0.3, 0.4) is 0 Å². The second-order valence-electron chi connectivity index (χ2n) is 5.66. The molecular weight excluding hydrogens is 305 g/mol. The Bertz CT molecular complexity index is 900. The van der Waals surface area contributed by atoms with Gasteiger partial charge in [-0.3, -0.25) is 14.8 Å². The summed E-state index contributed by atoms with van der Waals surface area (Å²) in [6.45, 7) is 0. The molecule has 0 saturated heterocycles. The van der Waals surface area contributed by atoms with Crippen molar-refractivity contribution in [3.8, 4) is 0 Å². The Morgan fingerprint density at radius 1 is 1.04 bits per heavy atom. The zero-order chi connectivity index (χ0) is 16.5. The highest BCUT2D eigenvalue weighted by atomic mass is 19.1. The molecule has 0 bridgehead atoms. The van der Waals surface area contributed by atoms with Crippen molar-refractivity contribution < 1.29 is 9.18 Å². The maximum atomic E-state index is 13.2. The molecule has 0 unspecified atom stereocenters. The number of carbonyl (C=O) groups is 1. The maximum absolute atomic E-state index is 13.2. The van der Waals surface area contributed by atoms with Gasteiger partial charge < -0.3 is 4.57 Å². The summed E-state index contributed by atoms with van der Waals surface area (Å²) < 4.78 is 15.1. The summed E-state index contributed by atoms with van der Waals surface area (Å²) in [5.74, 6) is -0.452. The highest BCUT2D eigenvalue weighted by Crippen LogP contribution is 2.36. The van der Waals surface area contributed by atoms with E-state index in [0.29, 0.717) is 5.56 Å². The van der Waals surface area contributed by atoms with E-state index in [4.69, 9.17) is 0 Å². The van der Waals surface area contributed by atoms with Gasteiger partial charge in [-0.2, -0.15) is 0 Å². The van der Waals surface area contributed by atoms with Crippen LogP contribution in [-0.4, -0.2) is 21.5 Å². The molecule has 4 rings (SSSR count). The molecular formula is C19H14FN3O. The molecule has 0 saturated carbocycles. The third kappa shape index (κ3) is 2.44. The topological polar surface area (TPSA) is 47.2 Å². The van der Waals surface area contributed by atoms with Crippen LogP contribution < -0.4 is 0 Å². The zero-order valence-electron chi connectivity index (χ0n) is 12.7. The summed E-state index contributed by atoms with van der Waals surface area (Å²) in [7, 11) is 0. The van der Waals surface area contributed by atoms with Gasteiger partial charge in [0.05, 0.1) is 5.69 Å². The first-order valence-corrected chi connectivity index (χ1v) is 7.64. The number of halogens is 1. The summed E-state index contributed by atoms with van der Waals surface area (Å²) in [5, 5.41) is 0. The molecule has 5 heteroatoms. The van der Waals surface area contributed by atoms with Crippen LogP contribution in [-0.2, 0) is 0 Å². The van der Waals surface area contributed by atoms with Crippen molar-refractivity contribution in [1.82, 2.24) is 9.55 Å². The fraction of sp³-hybridized carbons (Fsp3) is 0.105. The van der Waals surface area contributed by atoms with E-state index in [9.17, 15) is 9.18 Å². The van der Waals surface area contributed by atoms with Crippen molar-refractivity contribution in [3.63, 3.8) is 0 Å². The van der Waals surface area contributed by atoms with E-state index in [-0.39, 0.29) is 17.6 Å². The van der Waals surface area contributed by atoms with E-state index in [2.05, 4.69) is 9.98 Å². The summed E-state index contributed by atoms with van der Waals surface area (Å²) in [5.41, 5.74) is 2.26. The third-order valence-corrected chi connectivity index (χ3v) is 4.22. The highest BCUT2D eigenvalue weighted by Gasteiger charge is 2.34. The number of pyridine rings is 1. The molecule has 1 aromatic carbocycles. The minimum atomic E-state index is -0.507. The number of aliphatic imine (C=N–C) groups is 1. The van der Waals surface area contributed by atoms with Gasteiger partial charge in [-0.25, -0.2) is 4.39 Å². The fourth-order valence-electron chi connectivity index (χ4n) is 3.04. The van der Waals surface area contributed by atoms with E-state index < -0.39 is 6.04 Å². The lowest BCUT2D eigenvalue weighted by Gasteiger charge is -2.29. The lowest BCUT2D eigenvalue weighted by Crippen LogP contribution is -2.29. The number of hydrogen-bond donors (Lipinski definition) is 0.